The van der Waals surface area contributed by atoms with E-state index in [9.17, 15) is 15.0 Å². The largest absolute Gasteiger partial charge is 0.479 e. The van der Waals surface area contributed by atoms with Crippen LogP contribution in [-0.4, -0.2) is 58.7 Å². The molecule has 8 nitrogen and oxygen atoms in total. The second kappa shape index (κ2) is 13.2. The highest BCUT2D eigenvalue weighted by Gasteiger charge is 2.39. The minimum atomic E-state index is -2.00. The van der Waals surface area contributed by atoms with Crippen LogP contribution in [0.4, 0.5) is 5.69 Å². The van der Waals surface area contributed by atoms with Gasteiger partial charge in [-0.05, 0) is 61.2 Å². The van der Waals surface area contributed by atoms with Crippen LogP contribution < -0.4 is 9.47 Å². The van der Waals surface area contributed by atoms with E-state index >= 15 is 0 Å². The highest BCUT2D eigenvalue weighted by Crippen LogP contribution is 2.38. The van der Waals surface area contributed by atoms with Gasteiger partial charge in [-0.1, -0.05) is 66.7 Å². The Kier molecular flexibility index (Phi) is 9.03. The summed E-state index contributed by atoms with van der Waals surface area (Å²) < 4.78 is 11.0. The van der Waals surface area contributed by atoms with E-state index in [1.165, 1.54) is 31.5 Å². The number of aliphatic hydroxyl groups is 1. The zero-order valence-corrected chi connectivity index (χ0v) is 22.7. The van der Waals surface area contributed by atoms with Crippen molar-refractivity contribution >= 4 is 17.9 Å². The predicted molar refractivity (Wildman–Crippen MR) is 157 cm³/mol. The quantitative estimate of drug-likeness (QED) is 0.290. The van der Waals surface area contributed by atoms with Gasteiger partial charge in [0.1, 0.15) is 0 Å². The SMILES string of the molecule is C(=Nc1cc2c(cc1CCN1CCCC1)OCO2)c1cccnc1.O=C(O)C(O)(c1ccccc1)c1ccccc1. The number of aliphatic carboxylic acids is 1. The molecule has 41 heavy (non-hydrogen) atoms. The number of carboxylic acid groups (broad SMARTS) is 1. The zero-order chi connectivity index (χ0) is 28.5. The molecule has 3 aromatic carbocycles. The van der Waals surface area contributed by atoms with Crippen LogP contribution in [0, 0.1) is 0 Å². The van der Waals surface area contributed by atoms with Crippen molar-refractivity contribution in [3.63, 3.8) is 0 Å². The van der Waals surface area contributed by atoms with Gasteiger partial charge in [0, 0.05) is 36.8 Å². The molecule has 0 spiro atoms. The lowest BCUT2D eigenvalue weighted by Gasteiger charge is -2.24. The summed E-state index contributed by atoms with van der Waals surface area (Å²) in [6.07, 6.45) is 9.01. The first kappa shape index (κ1) is 28.0. The van der Waals surface area contributed by atoms with E-state index in [0.717, 1.165) is 35.7 Å². The molecule has 0 radical (unpaired) electrons. The highest BCUT2D eigenvalue weighted by atomic mass is 16.7. The van der Waals surface area contributed by atoms with Gasteiger partial charge in [-0.3, -0.25) is 9.98 Å². The minimum absolute atomic E-state index is 0.288. The third-order valence-electron chi connectivity index (χ3n) is 7.20. The van der Waals surface area contributed by atoms with Crippen LogP contribution >= 0.6 is 0 Å². The number of fused-ring (bicyclic) bond motifs is 1. The number of hydrogen-bond acceptors (Lipinski definition) is 7. The van der Waals surface area contributed by atoms with Gasteiger partial charge in [0.15, 0.2) is 11.5 Å². The van der Waals surface area contributed by atoms with Crippen molar-refractivity contribution in [2.24, 2.45) is 4.99 Å². The standard InChI is InChI=1S/C19H21N3O2.C14H12O3/c1-2-8-22(7-1)9-5-16-10-18-19(24-14-23-18)11-17(16)21-13-15-4-3-6-20-12-15;15-13(16)14(17,11-7-3-1-4-8-11)12-9-5-2-6-10-12/h3-4,6,10-13H,1-2,5,7-9,14H2;1-10,17H,(H,15,16). The second-order valence-electron chi connectivity index (χ2n) is 9.93. The first-order valence-corrected chi connectivity index (χ1v) is 13.7. The molecule has 2 N–H and O–H groups in total. The monoisotopic (exact) mass is 551 g/mol. The molecule has 1 fully saturated rings. The molecule has 0 atom stereocenters. The number of carboxylic acids is 1. The fourth-order valence-corrected chi connectivity index (χ4v) is 4.95. The molecular formula is C33H33N3O5. The maximum atomic E-state index is 11.4. The Morgan fingerprint density at radius 1 is 0.927 bits per heavy atom. The van der Waals surface area contributed by atoms with Crippen LogP contribution in [-0.2, 0) is 16.8 Å². The first-order valence-electron chi connectivity index (χ1n) is 13.7. The van der Waals surface area contributed by atoms with Crippen molar-refractivity contribution in [1.29, 1.82) is 0 Å². The Bertz CT molecular complexity index is 1420. The molecule has 0 amide bonds. The Morgan fingerprint density at radius 2 is 1.56 bits per heavy atom. The number of rotatable bonds is 8. The summed E-state index contributed by atoms with van der Waals surface area (Å²) in [6.45, 7) is 3.77. The third kappa shape index (κ3) is 6.80. The van der Waals surface area contributed by atoms with Crippen LogP contribution in [0.15, 0.2) is 102 Å². The normalized spacial score (nSPS) is 14.6. The van der Waals surface area contributed by atoms with Crippen molar-refractivity contribution < 1.29 is 24.5 Å². The summed E-state index contributed by atoms with van der Waals surface area (Å²) >= 11 is 0. The number of pyridine rings is 1. The number of ether oxygens (including phenoxy) is 2. The molecule has 2 aliphatic rings. The van der Waals surface area contributed by atoms with Crippen LogP contribution in [0.5, 0.6) is 11.5 Å². The Balaban J connectivity index is 0.000000175. The fraction of sp³-hybridized carbons (Fsp3) is 0.242. The van der Waals surface area contributed by atoms with Gasteiger partial charge in [0.2, 0.25) is 12.4 Å². The summed E-state index contributed by atoms with van der Waals surface area (Å²) in [5.41, 5.74) is 1.83. The molecule has 2 aliphatic heterocycles. The fourth-order valence-electron chi connectivity index (χ4n) is 4.95. The Labute approximate surface area is 239 Å². The molecule has 4 aromatic rings. The average molecular weight is 552 g/mol. The molecule has 1 saturated heterocycles. The summed E-state index contributed by atoms with van der Waals surface area (Å²) in [5, 5.41) is 19.7. The Morgan fingerprint density at radius 3 is 2.15 bits per heavy atom. The van der Waals surface area contributed by atoms with Crippen molar-refractivity contribution in [3.8, 4) is 11.5 Å². The number of aliphatic imine (C=N–C) groups is 1. The summed E-state index contributed by atoms with van der Waals surface area (Å²) in [5.74, 6) is 0.319. The molecule has 0 saturated carbocycles. The van der Waals surface area contributed by atoms with E-state index in [1.54, 1.807) is 73.1 Å². The number of hydrogen-bond donors (Lipinski definition) is 2. The predicted octanol–water partition coefficient (Wildman–Crippen LogP) is 5.21. The highest BCUT2D eigenvalue weighted by molar-refractivity contribution is 5.83. The van der Waals surface area contributed by atoms with E-state index in [4.69, 9.17) is 9.47 Å². The number of carbonyl (C=O) groups is 1. The summed E-state index contributed by atoms with van der Waals surface area (Å²) in [7, 11) is 0. The van der Waals surface area contributed by atoms with Crippen LogP contribution in [0.2, 0.25) is 0 Å². The molecule has 210 valence electrons. The summed E-state index contributed by atoms with van der Waals surface area (Å²) in [6, 6.07) is 24.7. The van der Waals surface area contributed by atoms with Crippen molar-refractivity contribution in [1.82, 2.24) is 9.88 Å². The van der Waals surface area contributed by atoms with E-state index in [1.807, 2.05) is 24.4 Å². The zero-order valence-electron chi connectivity index (χ0n) is 22.7. The van der Waals surface area contributed by atoms with Crippen molar-refractivity contribution in [2.45, 2.75) is 24.9 Å². The molecule has 6 rings (SSSR count). The van der Waals surface area contributed by atoms with Crippen LogP contribution in [0.25, 0.3) is 0 Å². The number of likely N-dealkylation sites (tertiary alicyclic amines) is 1. The first-order chi connectivity index (χ1) is 20.0. The van der Waals surface area contributed by atoms with E-state index in [-0.39, 0.29) is 6.79 Å². The Hall–Kier alpha value is -4.53. The molecule has 0 unspecified atom stereocenters. The lowest BCUT2D eigenvalue weighted by Crippen LogP contribution is -2.36. The van der Waals surface area contributed by atoms with Crippen LogP contribution in [0.1, 0.15) is 35.1 Å². The van der Waals surface area contributed by atoms with Crippen LogP contribution in [0.3, 0.4) is 0 Å². The van der Waals surface area contributed by atoms with Gasteiger partial charge in [-0.15, -0.1) is 0 Å². The maximum absolute atomic E-state index is 11.4. The molecule has 1 aromatic heterocycles. The van der Waals surface area contributed by atoms with E-state index < -0.39 is 11.6 Å². The second-order valence-corrected chi connectivity index (χ2v) is 9.93. The van der Waals surface area contributed by atoms with Gasteiger partial charge in [-0.2, -0.15) is 0 Å². The van der Waals surface area contributed by atoms with E-state index in [0.29, 0.717) is 11.1 Å². The minimum Gasteiger partial charge on any atom is -0.479 e. The smallest absolute Gasteiger partial charge is 0.345 e. The van der Waals surface area contributed by atoms with Gasteiger partial charge in [-0.25, -0.2) is 4.79 Å². The van der Waals surface area contributed by atoms with Gasteiger partial charge in [0.25, 0.3) is 0 Å². The maximum Gasteiger partial charge on any atom is 0.345 e. The molecule has 0 bridgehead atoms. The average Bonchev–Trinajstić information content (AvgIpc) is 3.72. The van der Waals surface area contributed by atoms with Gasteiger partial charge < -0.3 is 24.6 Å². The lowest BCUT2D eigenvalue weighted by atomic mass is 9.86. The lowest BCUT2D eigenvalue weighted by molar-refractivity contribution is -0.155. The van der Waals surface area contributed by atoms with Gasteiger partial charge >= 0.3 is 5.97 Å². The number of aromatic nitrogens is 1. The third-order valence-corrected chi connectivity index (χ3v) is 7.20. The molecule has 0 aliphatic carbocycles. The molecule has 8 heteroatoms. The number of benzene rings is 3. The number of nitrogens with zero attached hydrogens (tertiary/aromatic N) is 3. The topological polar surface area (TPSA) is 104 Å². The van der Waals surface area contributed by atoms with Gasteiger partial charge in [0.05, 0.1) is 5.69 Å². The molecule has 3 heterocycles. The van der Waals surface area contributed by atoms with Crippen molar-refractivity contribution in [3.05, 3.63) is 120 Å². The van der Waals surface area contributed by atoms with E-state index in [2.05, 4.69) is 20.9 Å². The van der Waals surface area contributed by atoms with Crippen molar-refractivity contribution in [2.75, 3.05) is 26.4 Å². The molecular weight excluding hydrogens is 518 g/mol. The summed E-state index contributed by atoms with van der Waals surface area (Å²) in [4.78, 5) is 22.7.